The standard InChI is InChI=1S/C16H32N2O/c1-19-13-6-5-11-18-12-7-10-17-16(14-18)15-8-3-2-4-9-15/h15-17H,2-14H2,1H3. The summed E-state index contributed by atoms with van der Waals surface area (Å²) >= 11 is 0. The molecule has 2 fully saturated rings. The maximum absolute atomic E-state index is 5.14. The average molecular weight is 268 g/mol. The number of methoxy groups -OCH3 is 1. The Kier molecular flexibility index (Phi) is 7.18. The summed E-state index contributed by atoms with van der Waals surface area (Å²) < 4.78 is 5.14. The van der Waals surface area contributed by atoms with Crippen LogP contribution in [0, 0.1) is 5.92 Å². The van der Waals surface area contributed by atoms with Crippen molar-refractivity contribution in [1.82, 2.24) is 10.2 Å². The lowest BCUT2D eigenvalue weighted by Gasteiger charge is -2.33. The quantitative estimate of drug-likeness (QED) is 0.750. The summed E-state index contributed by atoms with van der Waals surface area (Å²) in [6.07, 6.45) is 11.1. The Balaban J connectivity index is 1.73. The number of hydrogen-bond acceptors (Lipinski definition) is 3. The van der Waals surface area contributed by atoms with Crippen molar-refractivity contribution >= 4 is 0 Å². The highest BCUT2D eigenvalue weighted by Crippen LogP contribution is 2.27. The van der Waals surface area contributed by atoms with Crippen molar-refractivity contribution in [3.05, 3.63) is 0 Å². The fourth-order valence-electron chi connectivity index (χ4n) is 3.66. The molecule has 1 unspecified atom stereocenters. The summed E-state index contributed by atoms with van der Waals surface area (Å²) in [7, 11) is 1.80. The van der Waals surface area contributed by atoms with Crippen molar-refractivity contribution in [3.8, 4) is 0 Å². The van der Waals surface area contributed by atoms with Crippen LogP contribution in [0.4, 0.5) is 0 Å². The summed E-state index contributed by atoms with van der Waals surface area (Å²) in [5, 5.41) is 3.82. The second-order valence-corrected chi connectivity index (χ2v) is 6.31. The third kappa shape index (κ3) is 5.41. The van der Waals surface area contributed by atoms with Gasteiger partial charge >= 0.3 is 0 Å². The molecule has 1 saturated heterocycles. The van der Waals surface area contributed by atoms with Crippen LogP contribution in [0.5, 0.6) is 0 Å². The van der Waals surface area contributed by atoms with Crippen molar-refractivity contribution in [2.75, 3.05) is 39.9 Å². The monoisotopic (exact) mass is 268 g/mol. The first-order valence-corrected chi connectivity index (χ1v) is 8.35. The first-order valence-electron chi connectivity index (χ1n) is 8.35. The van der Waals surface area contributed by atoms with E-state index in [-0.39, 0.29) is 0 Å². The lowest BCUT2D eigenvalue weighted by atomic mass is 9.83. The van der Waals surface area contributed by atoms with Crippen molar-refractivity contribution in [1.29, 1.82) is 0 Å². The average Bonchev–Trinajstić information content (AvgIpc) is 2.70. The Bertz CT molecular complexity index is 229. The SMILES string of the molecule is COCCCCN1CCCNC(C2CCCCC2)C1. The molecule has 1 saturated carbocycles. The number of nitrogens with zero attached hydrogens (tertiary/aromatic N) is 1. The highest BCUT2D eigenvalue weighted by Gasteiger charge is 2.26. The summed E-state index contributed by atoms with van der Waals surface area (Å²) in [6.45, 7) is 5.95. The topological polar surface area (TPSA) is 24.5 Å². The molecule has 1 aliphatic heterocycles. The first-order chi connectivity index (χ1) is 9.40. The van der Waals surface area contributed by atoms with Gasteiger partial charge in [-0.15, -0.1) is 0 Å². The van der Waals surface area contributed by atoms with Gasteiger partial charge in [-0.05, 0) is 57.7 Å². The highest BCUT2D eigenvalue weighted by atomic mass is 16.5. The normalized spacial score (nSPS) is 27.3. The molecule has 1 N–H and O–H groups in total. The third-order valence-corrected chi connectivity index (χ3v) is 4.80. The Hall–Kier alpha value is -0.120. The molecule has 2 rings (SSSR count). The minimum atomic E-state index is 0.755. The lowest BCUT2D eigenvalue weighted by molar-refractivity contribution is 0.175. The number of nitrogens with one attached hydrogen (secondary N) is 1. The molecule has 19 heavy (non-hydrogen) atoms. The number of hydrogen-bond donors (Lipinski definition) is 1. The fourth-order valence-corrected chi connectivity index (χ4v) is 3.66. The van der Waals surface area contributed by atoms with Crippen LogP contribution in [0.1, 0.15) is 51.4 Å². The van der Waals surface area contributed by atoms with Gasteiger partial charge in [0.05, 0.1) is 0 Å². The van der Waals surface area contributed by atoms with Crippen molar-refractivity contribution < 1.29 is 4.74 Å². The van der Waals surface area contributed by atoms with Crippen molar-refractivity contribution in [2.45, 2.75) is 57.4 Å². The molecule has 1 heterocycles. The largest absolute Gasteiger partial charge is 0.385 e. The zero-order chi connectivity index (χ0) is 13.3. The molecule has 0 bridgehead atoms. The number of ether oxygens (including phenoxy) is 1. The van der Waals surface area contributed by atoms with Crippen LogP contribution in [0.2, 0.25) is 0 Å². The summed E-state index contributed by atoms with van der Waals surface area (Å²) in [4.78, 5) is 2.69. The van der Waals surface area contributed by atoms with E-state index in [0.29, 0.717) is 0 Å². The van der Waals surface area contributed by atoms with E-state index in [1.165, 1.54) is 77.5 Å². The van der Waals surface area contributed by atoms with Crippen molar-refractivity contribution in [2.24, 2.45) is 5.92 Å². The summed E-state index contributed by atoms with van der Waals surface area (Å²) in [5.41, 5.74) is 0. The van der Waals surface area contributed by atoms with Crippen molar-refractivity contribution in [3.63, 3.8) is 0 Å². The molecule has 0 radical (unpaired) electrons. The van der Waals surface area contributed by atoms with Gasteiger partial charge < -0.3 is 15.0 Å². The van der Waals surface area contributed by atoms with E-state index in [1.807, 2.05) is 0 Å². The molecule has 2 aliphatic rings. The Morgan fingerprint density at radius 2 is 1.95 bits per heavy atom. The molecule has 0 aromatic heterocycles. The summed E-state index contributed by atoms with van der Waals surface area (Å²) in [6, 6.07) is 0.755. The predicted octanol–water partition coefficient (Wildman–Crippen LogP) is 2.66. The Morgan fingerprint density at radius 3 is 2.74 bits per heavy atom. The van der Waals surface area contributed by atoms with Gasteiger partial charge in [0.1, 0.15) is 0 Å². The Morgan fingerprint density at radius 1 is 1.11 bits per heavy atom. The van der Waals surface area contributed by atoms with E-state index in [9.17, 15) is 0 Å². The van der Waals surface area contributed by atoms with Gasteiger partial charge in [-0.25, -0.2) is 0 Å². The zero-order valence-electron chi connectivity index (χ0n) is 12.7. The van der Waals surface area contributed by atoms with Gasteiger partial charge in [0.2, 0.25) is 0 Å². The van der Waals surface area contributed by atoms with Crippen LogP contribution in [0.3, 0.4) is 0 Å². The van der Waals surface area contributed by atoms with Gasteiger partial charge in [0.25, 0.3) is 0 Å². The van der Waals surface area contributed by atoms with E-state index in [0.717, 1.165) is 18.6 Å². The highest BCUT2D eigenvalue weighted by molar-refractivity contribution is 4.84. The van der Waals surface area contributed by atoms with E-state index >= 15 is 0 Å². The first kappa shape index (κ1) is 15.3. The van der Waals surface area contributed by atoms with Crippen LogP contribution in [0.25, 0.3) is 0 Å². The van der Waals surface area contributed by atoms with Crippen LogP contribution >= 0.6 is 0 Å². The predicted molar refractivity (Wildman–Crippen MR) is 80.5 cm³/mol. The van der Waals surface area contributed by atoms with Gasteiger partial charge in [0.15, 0.2) is 0 Å². The van der Waals surface area contributed by atoms with Crippen LogP contribution in [-0.4, -0.2) is 50.8 Å². The van der Waals surface area contributed by atoms with Gasteiger partial charge in [-0.1, -0.05) is 19.3 Å². The van der Waals surface area contributed by atoms with E-state index < -0.39 is 0 Å². The molecule has 3 nitrogen and oxygen atoms in total. The lowest BCUT2D eigenvalue weighted by Crippen LogP contribution is -2.43. The second-order valence-electron chi connectivity index (χ2n) is 6.31. The molecule has 0 aromatic rings. The van der Waals surface area contributed by atoms with E-state index in [4.69, 9.17) is 4.74 Å². The molecule has 0 spiro atoms. The molecule has 0 amide bonds. The third-order valence-electron chi connectivity index (χ3n) is 4.80. The number of unbranched alkanes of at least 4 members (excludes halogenated alkanes) is 1. The van der Waals surface area contributed by atoms with E-state index in [2.05, 4.69) is 10.2 Å². The minimum Gasteiger partial charge on any atom is -0.385 e. The molecular formula is C16H32N2O. The molecule has 3 heteroatoms. The molecular weight excluding hydrogens is 236 g/mol. The van der Waals surface area contributed by atoms with Crippen LogP contribution in [-0.2, 0) is 4.74 Å². The molecule has 0 aromatic carbocycles. The zero-order valence-corrected chi connectivity index (χ0v) is 12.7. The molecule has 1 atom stereocenters. The van der Waals surface area contributed by atoms with Gasteiger partial charge in [-0.3, -0.25) is 0 Å². The van der Waals surface area contributed by atoms with Gasteiger partial charge in [-0.2, -0.15) is 0 Å². The number of rotatable bonds is 6. The van der Waals surface area contributed by atoms with Crippen LogP contribution in [0.15, 0.2) is 0 Å². The summed E-state index contributed by atoms with van der Waals surface area (Å²) in [5.74, 6) is 0.938. The maximum Gasteiger partial charge on any atom is 0.0462 e. The van der Waals surface area contributed by atoms with Gasteiger partial charge in [0, 0.05) is 26.3 Å². The maximum atomic E-state index is 5.14. The van der Waals surface area contributed by atoms with E-state index in [1.54, 1.807) is 7.11 Å². The Labute approximate surface area is 119 Å². The fraction of sp³-hybridized carbons (Fsp3) is 1.00. The minimum absolute atomic E-state index is 0.755. The second kappa shape index (κ2) is 8.93. The molecule has 1 aliphatic carbocycles. The smallest absolute Gasteiger partial charge is 0.0462 e. The molecule has 112 valence electrons. The van der Waals surface area contributed by atoms with Crippen LogP contribution < -0.4 is 5.32 Å².